The van der Waals surface area contributed by atoms with Gasteiger partial charge in [-0.05, 0) is 42.1 Å². The predicted molar refractivity (Wildman–Crippen MR) is 98.5 cm³/mol. The Morgan fingerprint density at radius 2 is 2.08 bits per heavy atom. The van der Waals surface area contributed by atoms with Crippen molar-refractivity contribution < 1.29 is 4.79 Å². The second-order valence-electron chi connectivity index (χ2n) is 5.35. The molecular weight excluding hydrogens is 340 g/mol. The summed E-state index contributed by atoms with van der Waals surface area (Å²) in [5.74, 6) is 0.646. The van der Waals surface area contributed by atoms with Crippen LogP contribution in [0.2, 0.25) is 0 Å². The van der Waals surface area contributed by atoms with Crippen LogP contribution in [0.4, 0.5) is 0 Å². The van der Waals surface area contributed by atoms with Gasteiger partial charge in [-0.1, -0.05) is 36.4 Å². The van der Waals surface area contributed by atoms with Crippen molar-refractivity contribution in [1.82, 2.24) is 20.1 Å². The third-order valence-corrected chi connectivity index (χ3v) is 4.79. The summed E-state index contributed by atoms with van der Waals surface area (Å²) in [4.78, 5) is 13.2. The summed E-state index contributed by atoms with van der Waals surface area (Å²) in [6.07, 6.45) is 1.86. The number of nitrogens with one attached hydrogen (secondary N) is 2. The van der Waals surface area contributed by atoms with Gasteiger partial charge in [0.05, 0.1) is 4.88 Å². The minimum atomic E-state index is -0.0571. The summed E-state index contributed by atoms with van der Waals surface area (Å²) in [6.45, 7) is 0.821. The minimum absolute atomic E-state index is 0.0571. The topological polar surface area (TPSA) is 62.7 Å². The molecule has 1 aromatic carbocycles. The molecule has 0 unspecified atom stereocenters. The molecule has 0 bridgehead atoms. The molecule has 124 valence electrons. The number of aryl methyl sites for hydroxylation is 1. The van der Waals surface area contributed by atoms with Crippen molar-refractivity contribution in [3.63, 3.8) is 0 Å². The van der Waals surface area contributed by atoms with Gasteiger partial charge in [-0.2, -0.15) is 5.10 Å². The number of aromatic nitrogens is 3. The van der Waals surface area contributed by atoms with Gasteiger partial charge in [-0.25, -0.2) is 0 Å². The maximum Gasteiger partial charge on any atom is 0.240 e. The monoisotopic (exact) mass is 358 g/mol. The smallest absolute Gasteiger partial charge is 0.240 e. The van der Waals surface area contributed by atoms with Gasteiger partial charge in [0.25, 0.3) is 0 Å². The van der Waals surface area contributed by atoms with Crippen LogP contribution in [0.5, 0.6) is 0 Å². The maximum absolute atomic E-state index is 12.2. The van der Waals surface area contributed by atoms with Gasteiger partial charge in [0.15, 0.2) is 10.6 Å². The molecule has 0 aliphatic carbocycles. The SMILES string of the molecule is O=C(Cn1c(-c2cccs2)n[nH]c1=S)NCCCc1ccccc1. The summed E-state index contributed by atoms with van der Waals surface area (Å²) in [5, 5.41) is 11.9. The average molecular weight is 358 g/mol. The molecule has 0 saturated carbocycles. The summed E-state index contributed by atoms with van der Waals surface area (Å²) in [7, 11) is 0. The molecule has 0 spiro atoms. The first-order valence-corrected chi connectivity index (χ1v) is 9.02. The molecule has 1 amide bonds. The molecule has 0 fully saturated rings. The third-order valence-electron chi connectivity index (χ3n) is 3.61. The summed E-state index contributed by atoms with van der Waals surface area (Å²) in [6, 6.07) is 14.2. The van der Waals surface area contributed by atoms with Crippen molar-refractivity contribution in [3.05, 3.63) is 58.2 Å². The highest BCUT2D eigenvalue weighted by Crippen LogP contribution is 2.22. The molecule has 2 N–H and O–H groups in total. The molecule has 5 nitrogen and oxygen atoms in total. The van der Waals surface area contributed by atoms with E-state index in [1.165, 1.54) is 5.56 Å². The molecule has 0 aliphatic heterocycles. The van der Waals surface area contributed by atoms with Gasteiger partial charge < -0.3 is 5.32 Å². The number of carbonyl (C=O) groups is 1. The number of amides is 1. The lowest BCUT2D eigenvalue weighted by Crippen LogP contribution is -2.29. The number of thiophene rings is 1. The number of carbonyl (C=O) groups excluding carboxylic acids is 1. The lowest BCUT2D eigenvalue weighted by atomic mass is 10.1. The van der Waals surface area contributed by atoms with Crippen molar-refractivity contribution in [3.8, 4) is 10.7 Å². The minimum Gasteiger partial charge on any atom is -0.355 e. The largest absolute Gasteiger partial charge is 0.355 e. The van der Waals surface area contributed by atoms with E-state index in [0.717, 1.165) is 17.7 Å². The molecule has 0 radical (unpaired) electrons. The highest BCUT2D eigenvalue weighted by Gasteiger charge is 2.12. The molecule has 7 heteroatoms. The summed E-state index contributed by atoms with van der Waals surface area (Å²) >= 11 is 6.80. The highest BCUT2D eigenvalue weighted by molar-refractivity contribution is 7.71. The lowest BCUT2D eigenvalue weighted by Gasteiger charge is -2.07. The number of hydrogen-bond donors (Lipinski definition) is 2. The van der Waals surface area contributed by atoms with Crippen LogP contribution in [0, 0.1) is 4.77 Å². The predicted octanol–water partition coefficient (Wildman–Crippen LogP) is 3.42. The third kappa shape index (κ3) is 4.18. The zero-order valence-corrected chi connectivity index (χ0v) is 14.7. The Kier molecular flexibility index (Phi) is 5.55. The average Bonchev–Trinajstić information content (AvgIpc) is 3.23. The van der Waals surface area contributed by atoms with Gasteiger partial charge in [0.1, 0.15) is 6.54 Å². The van der Waals surface area contributed by atoms with Crippen LogP contribution < -0.4 is 5.32 Å². The van der Waals surface area contributed by atoms with E-state index >= 15 is 0 Å². The number of nitrogens with zero attached hydrogens (tertiary/aromatic N) is 2. The second-order valence-corrected chi connectivity index (χ2v) is 6.69. The van der Waals surface area contributed by atoms with Crippen molar-refractivity contribution in [2.45, 2.75) is 19.4 Å². The second kappa shape index (κ2) is 8.03. The van der Waals surface area contributed by atoms with E-state index in [1.54, 1.807) is 15.9 Å². The van der Waals surface area contributed by atoms with Crippen LogP contribution in [0.3, 0.4) is 0 Å². The molecule has 24 heavy (non-hydrogen) atoms. The first kappa shape index (κ1) is 16.6. The Hall–Kier alpha value is -2.25. The Morgan fingerprint density at radius 3 is 2.83 bits per heavy atom. The first-order chi connectivity index (χ1) is 11.7. The van der Waals surface area contributed by atoms with E-state index in [4.69, 9.17) is 12.2 Å². The zero-order valence-electron chi connectivity index (χ0n) is 13.1. The van der Waals surface area contributed by atoms with Gasteiger partial charge in [-0.15, -0.1) is 11.3 Å². The van der Waals surface area contributed by atoms with Gasteiger partial charge in [0, 0.05) is 6.54 Å². The van der Waals surface area contributed by atoms with E-state index in [0.29, 0.717) is 17.1 Å². The Bertz CT molecular complexity index is 837. The number of hydrogen-bond acceptors (Lipinski definition) is 4. The number of H-pyrrole nitrogens is 1. The van der Waals surface area contributed by atoms with Crippen molar-refractivity contribution >= 4 is 29.5 Å². The first-order valence-electron chi connectivity index (χ1n) is 7.74. The normalized spacial score (nSPS) is 10.7. The van der Waals surface area contributed by atoms with Crippen LogP contribution in [0.15, 0.2) is 47.8 Å². The van der Waals surface area contributed by atoms with Crippen LogP contribution >= 0.6 is 23.6 Å². The molecule has 3 rings (SSSR count). The van der Waals surface area contributed by atoms with Crippen molar-refractivity contribution in [2.75, 3.05) is 6.54 Å². The molecule has 2 aromatic heterocycles. The molecule has 0 saturated heterocycles. The van der Waals surface area contributed by atoms with Crippen LogP contribution in [0.25, 0.3) is 10.7 Å². The Labute approximate surface area is 149 Å². The van der Waals surface area contributed by atoms with Crippen LogP contribution in [-0.4, -0.2) is 27.2 Å². The zero-order chi connectivity index (χ0) is 16.8. The van der Waals surface area contributed by atoms with Gasteiger partial charge in [-0.3, -0.25) is 14.5 Å². The fraction of sp³-hybridized carbons (Fsp3) is 0.235. The highest BCUT2D eigenvalue weighted by atomic mass is 32.1. The van der Waals surface area contributed by atoms with Gasteiger partial charge >= 0.3 is 0 Å². The van der Waals surface area contributed by atoms with Gasteiger partial charge in [0.2, 0.25) is 5.91 Å². The van der Waals surface area contributed by atoms with E-state index in [-0.39, 0.29) is 12.5 Å². The summed E-state index contributed by atoms with van der Waals surface area (Å²) in [5.41, 5.74) is 1.28. The number of rotatable bonds is 7. The molecule has 0 atom stereocenters. The fourth-order valence-corrected chi connectivity index (χ4v) is 3.34. The van der Waals surface area contributed by atoms with E-state index in [2.05, 4.69) is 27.6 Å². The van der Waals surface area contributed by atoms with E-state index < -0.39 is 0 Å². The molecule has 2 heterocycles. The fourth-order valence-electron chi connectivity index (χ4n) is 2.42. The quantitative estimate of drug-likeness (QED) is 0.502. The number of benzene rings is 1. The maximum atomic E-state index is 12.2. The van der Waals surface area contributed by atoms with Crippen LogP contribution in [0.1, 0.15) is 12.0 Å². The van der Waals surface area contributed by atoms with E-state index in [1.807, 2.05) is 35.7 Å². The molecule has 3 aromatic rings. The molecular formula is C17H18N4OS2. The van der Waals surface area contributed by atoms with Crippen LogP contribution in [-0.2, 0) is 17.8 Å². The van der Waals surface area contributed by atoms with Crippen molar-refractivity contribution in [2.24, 2.45) is 0 Å². The van der Waals surface area contributed by atoms with Crippen molar-refractivity contribution in [1.29, 1.82) is 0 Å². The summed E-state index contributed by atoms with van der Waals surface area (Å²) < 4.78 is 2.19. The lowest BCUT2D eigenvalue weighted by molar-refractivity contribution is -0.121. The standard InChI is InChI=1S/C17H18N4OS2/c22-15(18-10-4-8-13-6-2-1-3-7-13)12-21-16(19-20-17(21)23)14-9-5-11-24-14/h1-3,5-7,9,11H,4,8,10,12H2,(H,18,22)(H,20,23). The Balaban J connectivity index is 1.52. The van der Waals surface area contributed by atoms with E-state index in [9.17, 15) is 4.79 Å². The molecule has 0 aliphatic rings. The Morgan fingerprint density at radius 1 is 1.25 bits per heavy atom. The number of aromatic amines is 1.